The highest BCUT2D eigenvalue weighted by atomic mass is 17.0. The normalized spacial score (nSPS) is 44.1. The maximum Gasteiger partial charge on any atom is 0.297 e. The van der Waals surface area contributed by atoms with Crippen molar-refractivity contribution in [2.45, 2.75) is 30.2 Å². The maximum atomic E-state index is 10.0. The van der Waals surface area contributed by atoms with Crippen LogP contribution in [-0.2, 0) is 14.3 Å². The second-order valence-corrected chi connectivity index (χ2v) is 3.77. The van der Waals surface area contributed by atoms with Crippen LogP contribution in [0.2, 0.25) is 0 Å². The molecular weight excluding hydrogens is 226 g/mol. The molecule has 2 aliphatic rings. The molecule has 92 valence electrons. The molecule has 0 aromatic carbocycles. The van der Waals surface area contributed by atoms with Crippen LogP contribution >= 0.6 is 0 Å². The Morgan fingerprint density at radius 2 is 2.25 bits per heavy atom. The first-order chi connectivity index (χ1) is 7.45. The van der Waals surface area contributed by atoms with E-state index in [0.29, 0.717) is 0 Å². The minimum atomic E-state index is -2.08. The first-order valence-electron chi connectivity index (χ1n) is 4.58. The van der Waals surface area contributed by atoms with E-state index in [2.05, 4.69) is 4.84 Å². The minimum absolute atomic E-state index is 0.0666. The van der Waals surface area contributed by atoms with Crippen LogP contribution in [0.1, 0.15) is 0 Å². The first kappa shape index (κ1) is 11.5. The molecule has 0 bridgehead atoms. The van der Waals surface area contributed by atoms with Crippen molar-refractivity contribution in [3.8, 4) is 0 Å². The molecule has 0 aromatic heterocycles. The van der Waals surface area contributed by atoms with Crippen LogP contribution in [0.3, 0.4) is 0 Å². The van der Waals surface area contributed by atoms with Crippen molar-refractivity contribution in [3.05, 3.63) is 10.1 Å². The van der Waals surface area contributed by atoms with Gasteiger partial charge in [0.25, 0.3) is 5.09 Å². The highest BCUT2D eigenvalue weighted by Gasteiger charge is 2.60. The van der Waals surface area contributed by atoms with Crippen LogP contribution < -0.4 is 0 Å². The number of rotatable bonds is 3. The van der Waals surface area contributed by atoms with Crippen molar-refractivity contribution in [3.63, 3.8) is 0 Å². The standard InChI is InChI=1S/C7H11NO8/c9-3-1-14-5-4(3)15-2-7(5,11)6(10)16-8(12)13/h3-6,9-11H,1-2H2/t3-,4+,5-,6?,7-/m0/s1. The Hall–Kier alpha value is -1.00. The lowest BCUT2D eigenvalue weighted by molar-refractivity contribution is -0.785. The van der Waals surface area contributed by atoms with E-state index in [1.54, 1.807) is 0 Å². The summed E-state index contributed by atoms with van der Waals surface area (Å²) in [6.45, 7) is -0.475. The molecule has 0 radical (unpaired) electrons. The number of fused-ring (bicyclic) bond motifs is 1. The molecule has 2 heterocycles. The molecule has 0 aliphatic carbocycles. The number of aliphatic hydroxyl groups excluding tert-OH is 2. The highest BCUT2D eigenvalue weighted by molar-refractivity contribution is 5.05. The van der Waals surface area contributed by atoms with Gasteiger partial charge in [-0.05, 0) is 0 Å². The molecule has 3 N–H and O–H groups in total. The van der Waals surface area contributed by atoms with Gasteiger partial charge < -0.3 is 24.8 Å². The number of ether oxygens (including phenoxy) is 2. The zero-order valence-electron chi connectivity index (χ0n) is 8.05. The lowest BCUT2D eigenvalue weighted by atomic mass is 9.95. The van der Waals surface area contributed by atoms with Gasteiger partial charge >= 0.3 is 0 Å². The summed E-state index contributed by atoms with van der Waals surface area (Å²) in [4.78, 5) is 13.9. The molecule has 0 aromatic rings. The Morgan fingerprint density at radius 3 is 2.88 bits per heavy atom. The third-order valence-electron chi connectivity index (χ3n) is 2.74. The van der Waals surface area contributed by atoms with Crippen LogP contribution in [0.15, 0.2) is 0 Å². The van der Waals surface area contributed by atoms with Gasteiger partial charge in [0.2, 0.25) is 6.29 Å². The van der Waals surface area contributed by atoms with E-state index in [0.717, 1.165) is 0 Å². The first-order valence-corrected chi connectivity index (χ1v) is 4.58. The van der Waals surface area contributed by atoms with Gasteiger partial charge in [-0.1, -0.05) is 0 Å². The van der Waals surface area contributed by atoms with E-state index in [1.165, 1.54) is 0 Å². The molecule has 0 saturated carbocycles. The Labute approximate surface area is 89.2 Å². The summed E-state index contributed by atoms with van der Waals surface area (Å²) in [5.74, 6) is 0. The fourth-order valence-electron chi connectivity index (χ4n) is 1.92. The van der Waals surface area contributed by atoms with Gasteiger partial charge in [0.15, 0.2) is 5.60 Å². The van der Waals surface area contributed by atoms with E-state index < -0.39 is 41.9 Å². The molecule has 2 fully saturated rings. The molecule has 16 heavy (non-hydrogen) atoms. The van der Waals surface area contributed by atoms with Gasteiger partial charge in [-0.2, -0.15) is 0 Å². The number of hydrogen-bond acceptors (Lipinski definition) is 8. The van der Waals surface area contributed by atoms with Crippen LogP contribution in [0.5, 0.6) is 0 Å². The number of aliphatic hydroxyl groups is 3. The van der Waals surface area contributed by atoms with Crippen LogP contribution in [0, 0.1) is 10.1 Å². The molecular formula is C7H11NO8. The van der Waals surface area contributed by atoms with Crippen molar-refractivity contribution >= 4 is 0 Å². The lowest BCUT2D eigenvalue weighted by Gasteiger charge is -2.29. The second-order valence-electron chi connectivity index (χ2n) is 3.77. The van der Waals surface area contributed by atoms with E-state index in [-0.39, 0.29) is 6.61 Å². The summed E-state index contributed by atoms with van der Waals surface area (Å²) in [6.07, 6.45) is -4.86. The average Bonchev–Trinajstić information content (AvgIpc) is 2.70. The van der Waals surface area contributed by atoms with Crippen molar-refractivity contribution in [1.82, 2.24) is 0 Å². The van der Waals surface area contributed by atoms with Crippen LogP contribution in [-0.4, -0.2) is 63.8 Å². The number of hydrogen-bond donors (Lipinski definition) is 3. The third-order valence-corrected chi connectivity index (χ3v) is 2.74. The summed E-state index contributed by atoms with van der Waals surface area (Å²) in [5, 5.41) is 37.5. The number of nitrogens with zero attached hydrogens (tertiary/aromatic N) is 1. The van der Waals surface area contributed by atoms with Crippen LogP contribution in [0.25, 0.3) is 0 Å². The smallest absolute Gasteiger partial charge is 0.297 e. The molecule has 0 spiro atoms. The molecule has 2 rings (SSSR count). The van der Waals surface area contributed by atoms with Crippen molar-refractivity contribution < 1.29 is 34.7 Å². The summed E-state index contributed by atoms with van der Waals surface area (Å²) >= 11 is 0. The van der Waals surface area contributed by atoms with Gasteiger partial charge in [-0.3, -0.25) is 4.84 Å². The zero-order valence-corrected chi connectivity index (χ0v) is 8.05. The highest BCUT2D eigenvalue weighted by Crippen LogP contribution is 2.36. The molecule has 5 atom stereocenters. The Balaban J connectivity index is 2.11. The van der Waals surface area contributed by atoms with Crippen molar-refractivity contribution in [2.24, 2.45) is 0 Å². The predicted molar refractivity (Wildman–Crippen MR) is 44.5 cm³/mol. The van der Waals surface area contributed by atoms with Crippen molar-refractivity contribution in [1.29, 1.82) is 0 Å². The van der Waals surface area contributed by atoms with E-state index in [1.807, 2.05) is 0 Å². The molecule has 9 nitrogen and oxygen atoms in total. The summed E-state index contributed by atoms with van der Waals surface area (Å²) < 4.78 is 10.0. The van der Waals surface area contributed by atoms with E-state index in [9.17, 15) is 25.4 Å². The third kappa shape index (κ3) is 1.62. The Bertz CT molecular complexity index is 298. The Morgan fingerprint density at radius 1 is 1.56 bits per heavy atom. The monoisotopic (exact) mass is 237 g/mol. The van der Waals surface area contributed by atoms with Gasteiger partial charge in [-0.15, -0.1) is 10.1 Å². The summed E-state index contributed by atoms with van der Waals surface area (Å²) in [7, 11) is 0. The molecule has 0 amide bonds. The largest absolute Gasteiger partial charge is 0.388 e. The van der Waals surface area contributed by atoms with Gasteiger partial charge in [0.05, 0.1) is 13.2 Å². The second kappa shape index (κ2) is 3.79. The fourth-order valence-corrected chi connectivity index (χ4v) is 1.92. The summed E-state index contributed by atoms with van der Waals surface area (Å²) in [6, 6.07) is 0. The van der Waals surface area contributed by atoms with Gasteiger partial charge in [0.1, 0.15) is 18.3 Å². The topological polar surface area (TPSA) is 132 Å². The Kier molecular flexibility index (Phi) is 2.72. The molecule has 2 aliphatic heterocycles. The molecule has 2 saturated heterocycles. The minimum Gasteiger partial charge on any atom is -0.388 e. The lowest BCUT2D eigenvalue weighted by Crippen LogP contribution is -2.54. The van der Waals surface area contributed by atoms with Crippen molar-refractivity contribution in [2.75, 3.05) is 13.2 Å². The van der Waals surface area contributed by atoms with E-state index in [4.69, 9.17) is 9.47 Å². The van der Waals surface area contributed by atoms with Gasteiger partial charge in [-0.25, -0.2) is 0 Å². The summed E-state index contributed by atoms with van der Waals surface area (Å²) in [5.41, 5.74) is -2.05. The SMILES string of the molecule is O=[N+]([O-])OC(O)[C@]1(O)CO[C@@H]2[C@@H](O)CO[C@@H]21. The van der Waals surface area contributed by atoms with Crippen LogP contribution in [0.4, 0.5) is 0 Å². The molecule has 9 heteroatoms. The van der Waals surface area contributed by atoms with E-state index >= 15 is 0 Å². The predicted octanol–water partition coefficient (Wildman–Crippen LogP) is -2.60. The quantitative estimate of drug-likeness (QED) is 0.276. The molecule has 1 unspecified atom stereocenters. The fraction of sp³-hybridized carbons (Fsp3) is 1.00. The van der Waals surface area contributed by atoms with Gasteiger partial charge in [0, 0.05) is 0 Å². The maximum absolute atomic E-state index is 10.0. The zero-order chi connectivity index (χ0) is 11.9. The average molecular weight is 237 g/mol.